The van der Waals surface area contributed by atoms with Crippen LogP contribution in [0.3, 0.4) is 0 Å². The Morgan fingerprint density at radius 2 is 1.24 bits per heavy atom. The molecular weight excluding hydrogens is 855 g/mol. The lowest BCUT2D eigenvalue weighted by Gasteiger charge is -2.30. The van der Waals surface area contributed by atoms with E-state index in [4.69, 9.17) is 20.9 Å². The molecule has 0 saturated carbocycles. The first-order valence-corrected chi connectivity index (χ1v) is 22.8. The monoisotopic (exact) mass is 913 g/mol. The normalized spacial score (nSPS) is 21.5. The second kappa shape index (κ2) is 23.3. The number of ether oxygens (including phenoxy) is 2. The predicted molar refractivity (Wildman–Crippen MR) is 251 cm³/mol. The lowest BCUT2D eigenvalue weighted by Crippen LogP contribution is -2.58. The number of benzene rings is 4. The lowest BCUT2D eigenvalue weighted by atomic mass is 10.0. The molecule has 0 aliphatic carbocycles. The number of aromatic nitrogens is 1. The topological polar surface area (TPSA) is 252 Å². The van der Waals surface area contributed by atoms with Crippen molar-refractivity contribution in [1.82, 2.24) is 36.5 Å². The van der Waals surface area contributed by atoms with Crippen molar-refractivity contribution >= 4 is 46.5 Å². The Morgan fingerprint density at radius 3 is 1.96 bits per heavy atom. The number of rotatable bonds is 16. The molecule has 2 fully saturated rings. The van der Waals surface area contributed by atoms with Crippen LogP contribution in [0.1, 0.15) is 47.9 Å². The summed E-state index contributed by atoms with van der Waals surface area (Å²) >= 11 is 0. The minimum Gasteiger partial charge on any atom is -0.489 e. The van der Waals surface area contributed by atoms with E-state index in [1.54, 1.807) is 30.5 Å². The van der Waals surface area contributed by atoms with Crippen LogP contribution in [0.15, 0.2) is 115 Å². The highest BCUT2D eigenvalue weighted by Gasteiger charge is 2.45. The molecule has 2 saturated heterocycles. The minimum atomic E-state index is -1.24. The van der Waals surface area contributed by atoms with Crippen molar-refractivity contribution < 1.29 is 38.2 Å². The molecule has 2 aliphatic rings. The first kappa shape index (κ1) is 47.7. The average Bonchev–Trinajstić information content (AvgIpc) is 3.96. The summed E-state index contributed by atoms with van der Waals surface area (Å²) in [5, 5.41) is 15.0. The molecular formula is C50H59N9O8. The molecule has 67 heavy (non-hydrogen) atoms. The molecule has 17 heteroatoms. The van der Waals surface area contributed by atoms with Gasteiger partial charge in [-0.15, -0.1) is 0 Å². The number of nitrogens with two attached hydrogens (primary N) is 2. The summed E-state index contributed by atoms with van der Waals surface area (Å²) in [6, 6.07) is 27.4. The zero-order valence-corrected chi connectivity index (χ0v) is 37.3. The van der Waals surface area contributed by atoms with Gasteiger partial charge in [-0.05, 0) is 66.3 Å². The Kier molecular flexibility index (Phi) is 16.6. The van der Waals surface area contributed by atoms with Gasteiger partial charge >= 0.3 is 6.09 Å². The van der Waals surface area contributed by atoms with Crippen molar-refractivity contribution in [3.63, 3.8) is 0 Å². The van der Waals surface area contributed by atoms with E-state index in [1.165, 1.54) is 4.90 Å². The number of amides is 6. The molecule has 17 nitrogen and oxygen atoms in total. The van der Waals surface area contributed by atoms with Crippen molar-refractivity contribution in [1.29, 1.82) is 0 Å². The maximum atomic E-state index is 15.0. The largest absolute Gasteiger partial charge is 0.489 e. The highest BCUT2D eigenvalue weighted by molar-refractivity contribution is 5.99. The van der Waals surface area contributed by atoms with Crippen LogP contribution in [-0.2, 0) is 54.6 Å². The zero-order chi connectivity index (χ0) is 47.1. The number of alkyl carbamates (subject to hydrolysis) is 1. The van der Waals surface area contributed by atoms with Gasteiger partial charge in [-0.2, -0.15) is 0 Å². The van der Waals surface area contributed by atoms with Gasteiger partial charge in [0.05, 0.1) is 6.54 Å². The summed E-state index contributed by atoms with van der Waals surface area (Å²) < 4.78 is 11.7. The zero-order valence-electron chi connectivity index (χ0n) is 37.3. The van der Waals surface area contributed by atoms with Crippen LogP contribution in [0.5, 0.6) is 5.75 Å². The maximum Gasteiger partial charge on any atom is 0.407 e. The fourth-order valence-corrected chi connectivity index (χ4v) is 8.48. The molecule has 0 unspecified atom stereocenters. The third-order valence-corrected chi connectivity index (χ3v) is 12.0. The highest BCUT2D eigenvalue weighted by Crippen LogP contribution is 2.25. The van der Waals surface area contributed by atoms with Gasteiger partial charge in [0.25, 0.3) is 0 Å². The van der Waals surface area contributed by atoms with Crippen LogP contribution in [0.2, 0.25) is 0 Å². The van der Waals surface area contributed by atoms with E-state index in [1.807, 2.05) is 84.9 Å². The summed E-state index contributed by atoms with van der Waals surface area (Å²) in [6.45, 7) is 0.831. The Bertz CT molecular complexity index is 2470. The van der Waals surface area contributed by atoms with Crippen molar-refractivity contribution in [2.75, 3.05) is 26.2 Å². The lowest BCUT2D eigenvalue weighted by molar-refractivity contribution is -0.142. The molecule has 10 N–H and O–H groups in total. The molecule has 0 radical (unpaired) electrons. The standard InChI is InChI=1S/C50H59N9O8/c51-22-10-9-17-40-45(60)56-41(25-33-18-20-36(21-19-33)66-31-34-13-5-2-6-14-34)46(61)58-43(26-32-11-3-1-4-12-32)49(64)59-30-37(67-50(65)53-24-23-52)28-44(59)48(63)57-42(47(62)55-40)27-35-29-54-39-16-8-7-15-38(35)39/h1-8,11-16,18-21,29,37,40-44,54H,9-10,17,22-28,30-31,51-52H2,(H,53,65)(H,55,62)(H,56,60)(H,57,63)(H,58,61)/t37-,40+,41+,42-,43+,44+/m1/s1. The molecule has 4 aromatic carbocycles. The molecule has 7 rings (SSSR count). The fourth-order valence-electron chi connectivity index (χ4n) is 8.48. The van der Waals surface area contributed by atoms with E-state index in [-0.39, 0.29) is 51.7 Å². The highest BCUT2D eigenvalue weighted by atomic mass is 16.6. The Morgan fingerprint density at radius 1 is 0.642 bits per heavy atom. The SMILES string of the molecule is NCCCC[C@@H]1NC(=O)[C@@H](Cc2c[nH]c3ccccc23)NC(=O)[C@@H]2C[C@@H](OC(=O)NCCN)CN2C(=O)[C@H](Cc2ccccc2)NC(=O)[C@H](Cc2ccc(OCc3ccccc3)cc2)NC1=O. The molecule has 5 aromatic rings. The van der Waals surface area contributed by atoms with Gasteiger partial charge in [0.15, 0.2) is 0 Å². The third kappa shape index (κ3) is 13.0. The number of aromatic amines is 1. The molecule has 6 atom stereocenters. The number of H-pyrrole nitrogens is 1. The number of hydrogen-bond donors (Lipinski definition) is 8. The van der Waals surface area contributed by atoms with E-state index in [0.29, 0.717) is 42.9 Å². The average molecular weight is 914 g/mol. The summed E-state index contributed by atoms with van der Waals surface area (Å²) in [5.41, 5.74) is 15.4. The smallest absolute Gasteiger partial charge is 0.407 e. The molecule has 0 bridgehead atoms. The van der Waals surface area contributed by atoms with Gasteiger partial charge in [0.1, 0.15) is 48.7 Å². The number of nitrogens with zero attached hydrogens (tertiary/aromatic N) is 1. The minimum absolute atomic E-state index is 0.00957. The van der Waals surface area contributed by atoms with Crippen LogP contribution >= 0.6 is 0 Å². The Balaban J connectivity index is 1.25. The number of carbonyl (C=O) groups excluding carboxylic acids is 6. The first-order chi connectivity index (χ1) is 32.6. The van der Waals surface area contributed by atoms with Crippen molar-refractivity contribution in [2.45, 2.75) is 87.9 Å². The van der Waals surface area contributed by atoms with Crippen LogP contribution in [0, 0.1) is 0 Å². The first-order valence-electron chi connectivity index (χ1n) is 22.8. The molecule has 0 spiro atoms. The second-order valence-corrected chi connectivity index (χ2v) is 16.9. The number of fused-ring (bicyclic) bond motifs is 2. The molecule has 2 aliphatic heterocycles. The van der Waals surface area contributed by atoms with Gasteiger partial charge in [0, 0.05) is 55.9 Å². The third-order valence-electron chi connectivity index (χ3n) is 12.0. The van der Waals surface area contributed by atoms with Gasteiger partial charge in [-0.1, -0.05) is 91.0 Å². The van der Waals surface area contributed by atoms with E-state index >= 15 is 4.79 Å². The van der Waals surface area contributed by atoms with Crippen molar-refractivity contribution in [3.05, 3.63) is 138 Å². The molecule has 1 aromatic heterocycles. The van der Waals surface area contributed by atoms with Gasteiger partial charge in [0.2, 0.25) is 29.5 Å². The van der Waals surface area contributed by atoms with Gasteiger partial charge < -0.3 is 57.4 Å². The van der Waals surface area contributed by atoms with Gasteiger partial charge in [-0.3, -0.25) is 24.0 Å². The van der Waals surface area contributed by atoms with E-state index in [9.17, 15) is 24.0 Å². The number of para-hydroxylation sites is 1. The maximum absolute atomic E-state index is 15.0. The molecule has 3 heterocycles. The Labute approximate surface area is 389 Å². The summed E-state index contributed by atoms with van der Waals surface area (Å²) in [7, 11) is 0. The van der Waals surface area contributed by atoms with Crippen molar-refractivity contribution in [2.24, 2.45) is 11.5 Å². The van der Waals surface area contributed by atoms with E-state index < -0.39 is 71.9 Å². The van der Waals surface area contributed by atoms with Crippen LogP contribution in [0.4, 0.5) is 4.79 Å². The molecule has 352 valence electrons. The van der Waals surface area contributed by atoms with Crippen molar-refractivity contribution in [3.8, 4) is 5.75 Å². The number of unbranched alkanes of at least 4 members (excludes halogenated alkanes) is 1. The predicted octanol–water partition coefficient (Wildman–Crippen LogP) is 2.51. The second-order valence-electron chi connectivity index (χ2n) is 16.9. The Hall–Kier alpha value is -7.24. The summed E-state index contributed by atoms with van der Waals surface area (Å²) in [6.07, 6.45) is 1.23. The number of nitrogens with one attached hydrogen (secondary N) is 6. The molecule has 6 amide bonds. The summed E-state index contributed by atoms with van der Waals surface area (Å²) in [5.74, 6) is -2.65. The van der Waals surface area contributed by atoms with E-state index in [2.05, 4.69) is 31.6 Å². The van der Waals surface area contributed by atoms with Crippen LogP contribution < -0.4 is 42.8 Å². The van der Waals surface area contributed by atoms with Gasteiger partial charge in [-0.25, -0.2) is 4.79 Å². The fraction of sp³-hybridized carbons (Fsp3) is 0.360. The summed E-state index contributed by atoms with van der Waals surface area (Å²) in [4.78, 5) is 90.7. The number of carbonyl (C=O) groups is 6. The van der Waals surface area contributed by atoms with Crippen LogP contribution in [0.25, 0.3) is 10.9 Å². The quantitative estimate of drug-likeness (QED) is 0.0672. The van der Waals surface area contributed by atoms with Crippen LogP contribution in [-0.4, -0.2) is 108 Å². The van der Waals surface area contributed by atoms with E-state index in [0.717, 1.165) is 22.0 Å². The number of hydrogen-bond acceptors (Lipinski definition) is 10.